The number of rotatable bonds is 4. The van der Waals surface area contributed by atoms with Crippen molar-refractivity contribution in [3.8, 4) is 0 Å². The number of methoxy groups -OCH3 is 1. The van der Waals surface area contributed by atoms with Crippen molar-refractivity contribution in [3.63, 3.8) is 0 Å². The number of esters is 1. The van der Waals surface area contributed by atoms with E-state index in [1.54, 1.807) is 0 Å². The first-order valence-corrected chi connectivity index (χ1v) is 5.80. The molecular formula is C10H11BrF2N2O2. The Morgan fingerprint density at radius 1 is 1.59 bits per heavy atom. The molecule has 0 amide bonds. The fraction of sp³-hybridized carbons (Fsp3) is 0.400. The minimum atomic E-state index is -2.76. The molecule has 0 aromatic carbocycles. The van der Waals surface area contributed by atoms with Crippen molar-refractivity contribution >= 4 is 27.6 Å². The molecule has 0 spiro atoms. The summed E-state index contributed by atoms with van der Waals surface area (Å²) in [6.45, 7) is 0. The Morgan fingerprint density at radius 3 is 2.71 bits per heavy atom. The van der Waals surface area contributed by atoms with Gasteiger partial charge in [0.25, 0.3) is 6.43 Å². The van der Waals surface area contributed by atoms with Crippen LogP contribution in [-0.2, 0) is 21.3 Å². The number of nitrogen functional groups attached to an aromatic ring is 1. The molecule has 0 bridgehead atoms. The zero-order valence-corrected chi connectivity index (χ0v) is 10.6. The molecule has 1 aromatic heterocycles. The van der Waals surface area contributed by atoms with Crippen molar-refractivity contribution < 1.29 is 18.3 Å². The molecule has 0 unspecified atom stereocenters. The van der Waals surface area contributed by atoms with Gasteiger partial charge in [-0.05, 0) is 11.1 Å². The monoisotopic (exact) mass is 308 g/mol. The predicted octanol–water partition coefficient (Wildman–Crippen LogP) is 2.21. The molecular weight excluding hydrogens is 298 g/mol. The van der Waals surface area contributed by atoms with Gasteiger partial charge < -0.3 is 10.5 Å². The number of carbonyl (C=O) groups excluding carboxylic acids is 1. The summed E-state index contributed by atoms with van der Waals surface area (Å²) in [6, 6.07) is 0. The van der Waals surface area contributed by atoms with E-state index in [1.165, 1.54) is 13.3 Å². The highest BCUT2D eigenvalue weighted by Crippen LogP contribution is 2.28. The molecule has 94 valence electrons. The first-order valence-electron chi connectivity index (χ1n) is 4.68. The van der Waals surface area contributed by atoms with Gasteiger partial charge >= 0.3 is 5.97 Å². The van der Waals surface area contributed by atoms with Crippen LogP contribution in [0.5, 0.6) is 0 Å². The van der Waals surface area contributed by atoms with E-state index < -0.39 is 18.1 Å². The number of alkyl halides is 3. The van der Waals surface area contributed by atoms with Gasteiger partial charge in [0.2, 0.25) is 0 Å². The van der Waals surface area contributed by atoms with Crippen molar-refractivity contribution in [2.45, 2.75) is 18.2 Å². The lowest BCUT2D eigenvalue weighted by molar-refractivity contribution is -0.139. The zero-order chi connectivity index (χ0) is 13.0. The fourth-order valence-electron chi connectivity index (χ4n) is 1.38. The van der Waals surface area contributed by atoms with E-state index in [1.807, 2.05) is 0 Å². The number of carbonyl (C=O) groups is 1. The van der Waals surface area contributed by atoms with E-state index in [4.69, 9.17) is 5.73 Å². The van der Waals surface area contributed by atoms with E-state index in [9.17, 15) is 13.6 Å². The van der Waals surface area contributed by atoms with E-state index in [2.05, 4.69) is 25.7 Å². The highest BCUT2D eigenvalue weighted by atomic mass is 79.9. The molecule has 0 aliphatic heterocycles. The van der Waals surface area contributed by atoms with Gasteiger partial charge in [0.15, 0.2) is 0 Å². The summed E-state index contributed by atoms with van der Waals surface area (Å²) in [6.07, 6.45) is -1.86. The third-order valence-electron chi connectivity index (χ3n) is 2.25. The molecule has 0 aliphatic rings. The maximum absolute atomic E-state index is 12.8. The first-order chi connectivity index (χ1) is 8.01. The van der Waals surface area contributed by atoms with Gasteiger partial charge in [-0.15, -0.1) is 0 Å². The van der Waals surface area contributed by atoms with Crippen LogP contribution in [0.2, 0.25) is 0 Å². The normalized spacial score (nSPS) is 10.6. The highest BCUT2D eigenvalue weighted by molar-refractivity contribution is 9.08. The Morgan fingerprint density at radius 2 is 2.24 bits per heavy atom. The third kappa shape index (κ3) is 3.12. The smallest absolute Gasteiger partial charge is 0.310 e. The molecule has 0 fully saturated rings. The van der Waals surface area contributed by atoms with Crippen LogP contribution in [0.4, 0.5) is 14.5 Å². The van der Waals surface area contributed by atoms with E-state index >= 15 is 0 Å². The van der Waals surface area contributed by atoms with Crippen molar-refractivity contribution in [1.82, 2.24) is 4.98 Å². The van der Waals surface area contributed by atoms with Crippen molar-refractivity contribution in [1.29, 1.82) is 0 Å². The Bertz CT molecular complexity index is 427. The molecule has 0 saturated heterocycles. The molecule has 0 aliphatic carbocycles. The summed E-state index contributed by atoms with van der Waals surface area (Å²) < 4.78 is 30.0. The number of nitrogens with zero attached hydrogens (tertiary/aromatic N) is 1. The average Bonchev–Trinajstić information content (AvgIpc) is 2.28. The quantitative estimate of drug-likeness (QED) is 0.684. The number of pyridine rings is 1. The molecule has 0 saturated carbocycles. The van der Waals surface area contributed by atoms with Crippen LogP contribution in [-0.4, -0.2) is 18.1 Å². The second-order valence-corrected chi connectivity index (χ2v) is 3.80. The van der Waals surface area contributed by atoms with Crippen LogP contribution in [0, 0.1) is 0 Å². The van der Waals surface area contributed by atoms with Gasteiger partial charge in [0, 0.05) is 5.33 Å². The summed E-state index contributed by atoms with van der Waals surface area (Å²) >= 11 is 3.15. The molecule has 17 heavy (non-hydrogen) atoms. The standard InChI is InChI=1S/C10H11BrF2N2O2/c1-17-8(16)2-5-6(3-11)7(14)4-15-9(5)10(12)13/h4,10H,2-3,14H2,1H3. The highest BCUT2D eigenvalue weighted by Gasteiger charge is 2.21. The molecule has 1 rings (SSSR count). The van der Waals surface area contributed by atoms with Gasteiger partial charge in [-0.1, -0.05) is 15.9 Å². The number of hydrogen-bond donors (Lipinski definition) is 1. The number of halogens is 3. The molecule has 2 N–H and O–H groups in total. The SMILES string of the molecule is COC(=O)Cc1c(C(F)F)ncc(N)c1CBr. The van der Waals surface area contributed by atoms with Crippen LogP contribution in [0.3, 0.4) is 0 Å². The summed E-state index contributed by atoms with van der Waals surface area (Å²) in [4.78, 5) is 14.8. The zero-order valence-electron chi connectivity index (χ0n) is 9.04. The van der Waals surface area contributed by atoms with E-state index in [0.717, 1.165) is 0 Å². The summed E-state index contributed by atoms with van der Waals surface area (Å²) in [5.74, 6) is -0.610. The third-order valence-corrected chi connectivity index (χ3v) is 2.81. The Hall–Kier alpha value is -1.24. The van der Waals surface area contributed by atoms with Crippen LogP contribution in [0.25, 0.3) is 0 Å². The number of nitrogens with two attached hydrogens (primary N) is 1. The largest absolute Gasteiger partial charge is 0.469 e. The lowest BCUT2D eigenvalue weighted by Gasteiger charge is -2.13. The van der Waals surface area contributed by atoms with E-state index in [0.29, 0.717) is 5.56 Å². The second-order valence-electron chi connectivity index (χ2n) is 3.24. The number of ether oxygens (including phenoxy) is 1. The maximum atomic E-state index is 12.8. The van der Waals surface area contributed by atoms with Gasteiger partial charge in [0.1, 0.15) is 5.69 Å². The van der Waals surface area contributed by atoms with Crippen LogP contribution < -0.4 is 5.73 Å². The number of hydrogen-bond acceptors (Lipinski definition) is 4. The Balaban J connectivity index is 3.28. The minimum Gasteiger partial charge on any atom is -0.469 e. The molecule has 4 nitrogen and oxygen atoms in total. The van der Waals surface area contributed by atoms with Gasteiger partial charge in [-0.25, -0.2) is 8.78 Å². The number of anilines is 1. The van der Waals surface area contributed by atoms with Crippen molar-refractivity contribution in [2.75, 3.05) is 12.8 Å². The summed E-state index contributed by atoms with van der Waals surface area (Å²) in [5.41, 5.74) is 6.04. The van der Waals surface area contributed by atoms with Crippen molar-refractivity contribution in [2.24, 2.45) is 0 Å². The molecule has 0 radical (unpaired) electrons. The first kappa shape index (κ1) is 13.8. The van der Waals surface area contributed by atoms with E-state index in [-0.39, 0.29) is 23.0 Å². The predicted molar refractivity (Wildman–Crippen MR) is 62.0 cm³/mol. The van der Waals surface area contributed by atoms with Gasteiger partial charge in [-0.3, -0.25) is 9.78 Å². The summed E-state index contributed by atoms with van der Waals surface area (Å²) in [5, 5.41) is 0.271. The molecule has 1 heterocycles. The van der Waals surface area contributed by atoms with Crippen LogP contribution in [0.1, 0.15) is 23.2 Å². The molecule has 7 heteroatoms. The lowest BCUT2D eigenvalue weighted by Crippen LogP contribution is -2.12. The summed E-state index contributed by atoms with van der Waals surface area (Å²) in [7, 11) is 1.19. The lowest BCUT2D eigenvalue weighted by atomic mass is 10.0. The average molecular weight is 309 g/mol. The fourth-order valence-corrected chi connectivity index (χ4v) is 2.05. The van der Waals surface area contributed by atoms with Gasteiger partial charge in [-0.2, -0.15) is 0 Å². The molecule has 0 atom stereocenters. The topological polar surface area (TPSA) is 65.2 Å². The maximum Gasteiger partial charge on any atom is 0.310 e. The van der Waals surface area contributed by atoms with Crippen molar-refractivity contribution in [3.05, 3.63) is 23.0 Å². The Kier molecular flexibility index (Phi) is 4.80. The number of aromatic nitrogens is 1. The second kappa shape index (κ2) is 5.90. The van der Waals surface area contributed by atoms with Crippen LogP contribution in [0.15, 0.2) is 6.20 Å². The minimum absolute atomic E-state index is 0.128. The molecule has 1 aromatic rings. The van der Waals surface area contributed by atoms with Gasteiger partial charge in [0.05, 0.1) is 25.4 Å². The van der Waals surface area contributed by atoms with Crippen LogP contribution >= 0.6 is 15.9 Å². The Labute approximate surface area is 105 Å².